The lowest BCUT2D eigenvalue weighted by molar-refractivity contribution is 0.0384. The molecule has 1 aliphatic heterocycles. The highest BCUT2D eigenvalue weighted by molar-refractivity contribution is 7.10. The summed E-state index contributed by atoms with van der Waals surface area (Å²) in [6, 6.07) is 4.02. The number of ether oxygens (including phenoxy) is 1. The molecule has 0 aliphatic carbocycles. The van der Waals surface area contributed by atoms with Gasteiger partial charge < -0.3 is 10.5 Å². The van der Waals surface area contributed by atoms with E-state index in [4.69, 9.17) is 15.5 Å². The second kappa shape index (κ2) is 6.78. The minimum Gasteiger partial charge on any atom is -0.379 e. The van der Waals surface area contributed by atoms with E-state index in [0.717, 1.165) is 45.0 Å². The normalized spacial score (nSPS) is 18.2. The summed E-state index contributed by atoms with van der Waals surface area (Å²) >= 11 is 3.41. The SMILES string of the molecule is NC(c1csc(CCN2CCOCC2)n1)c1cccs1. The van der Waals surface area contributed by atoms with Crippen LogP contribution in [0.3, 0.4) is 0 Å². The summed E-state index contributed by atoms with van der Waals surface area (Å²) in [4.78, 5) is 8.30. The lowest BCUT2D eigenvalue weighted by atomic mass is 10.2. The van der Waals surface area contributed by atoms with Gasteiger partial charge in [-0.25, -0.2) is 4.98 Å². The fourth-order valence-corrected chi connectivity index (χ4v) is 3.84. The summed E-state index contributed by atoms with van der Waals surface area (Å²) in [5, 5.41) is 5.33. The maximum Gasteiger partial charge on any atom is 0.0941 e. The van der Waals surface area contributed by atoms with Gasteiger partial charge in [-0.05, 0) is 11.4 Å². The number of thiazole rings is 1. The van der Waals surface area contributed by atoms with E-state index in [0.29, 0.717) is 0 Å². The van der Waals surface area contributed by atoms with Crippen LogP contribution in [0.2, 0.25) is 0 Å². The van der Waals surface area contributed by atoms with Gasteiger partial charge in [-0.2, -0.15) is 0 Å². The Morgan fingerprint density at radius 3 is 2.95 bits per heavy atom. The first-order valence-corrected chi connectivity index (χ1v) is 8.62. The van der Waals surface area contributed by atoms with Gasteiger partial charge in [-0.1, -0.05) is 6.07 Å². The minimum absolute atomic E-state index is 0.0802. The van der Waals surface area contributed by atoms with Crippen molar-refractivity contribution in [3.8, 4) is 0 Å². The van der Waals surface area contributed by atoms with Gasteiger partial charge in [0, 0.05) is 36.3 Å². The molecule has 0 bridgehead atoms. The maximum absolute atomic E-state index is 6.24. The predicted molar refractivity (Wildman–Crippen MR) is 83.4 cm³/mol. The van der Waals surface area contributed by atoms with Crippen LogP contribution >= 0.6 is 22.7 Å². The molecule has 3 heterocycles. The van der Waals surface area contributed by atoms with Gasteiger partial charge in [0.25, 0.3) is 0 Å². The molecular weight excluding hydrogens is 290 g/mol. The number of rotatable bonds is 5. The summed E-state index contributed by atoms with van der Waals surface area (Å²) in [5.74, 6) is 0. The van der Waals surface area contributed by atoms with Crippen molar-refractivity contribution in [1.82, 2.24) is 9.88 Å². The molecule has 2 N–H and O–H groups in total. The van der Waals surface area contributed by atoms with E-state index in [2.05, 4.69) is 21.7 Å². The zero-order valence-electron chi connectivity index (χ0n) is 11.3. The second-order valence-electron chi connectivity index (χ2n) is 4.86. The maximum atomic E-state index is 6.24. The lowest BCUT2D eigenvalue weighted by Gasteiger charge is -2.26. The highest BCUT2D eigenvalue weighted by atomic mass is 32.1. The standard InChI is InChI=1S/C14H19N3OS2/c15-14(12-2-1-9-19-12)11-10-20-13(16-11)3-4-17-5-7-18-8-6-17/h1-2,9-10,14H,3-8,15H2. The first kappa shape index (κ1) is 14.2. The predicted octanol–water partition coefficient (Wildman–Crippen LogP) is 2.13. The van der Waals surface area contributed by atoms with Gasteiger partial charge in [0.1, 0.15) is 0 Å². The zero-order valence-corrected chi connectivity index (χ0v) is 13.0. The molecule has 0 saturated carbocycles. The van der Waals surface area contributed by atoms with Crippen LogP contribution in [0.1, 0.15) is 21.6 Å². The van der Waals surface area contributed by atoms with Crippen LogP contribution in [0.5, 0.6) is 0 Å². The van der Waals surface area contributed by atoms with Crippen LogP contribution < -0.4 is 5.73 Å². The molecular formula is C14H19N3OS2. The minimum atomic E-state index is -0.0802. The summed E-state index contributed by atoms with van der Waals surface area (Å²) < 4.78 is 5.36. The van der Waals surface area contributed by atoms with E-state index in [1.54, 1.807) is 22.7 Å². The number of aromatic nitrogens is 1. The van der Waals surface area contributed by atoms with Crippen molar-refractivity contribution in [2.24, 2.45) is 5.73 Å². The molecule has 6 heteroatoms. The first-order chi connectivity index (χ1) is 9.83. The third-order valence-electron chi connectivity index (χ3n) is 3.48. The molecule has 0 aromatic carbocycles. The van der Waals surface area contributed by atoms with Crippen molar-refractivity contribution in [2.75, 3.05) is 32.8 Å². The van der Waals surface area contributed by atoms with Crippen molar-refractivity contribution in [2.45, 2.75) is 12.5 Å². The van der Waals surface area contributed by atoms with E-state index in [1.807, 2.05) is 6.07 Å². The van der Waals surface area contributed by atoms with Gasteiger partial charge >= 0.3 is 0 Å². The molecule has 1 fully saturated rings. The Kier molecular flexibility index (Phi) is 4.80. The molecule has 0 radical (unpaired) electrons. The van der Waals surface area contributed by atoms with Crippen molar-refractivity contribution in [3.63, 3.8) is 0 Å². The number of hydrogen-bond donors (Lipinski definition) is 1. The van der Waals surface area contributed by atoms with Crippen LogP contribution in [0.25, 0.3) is 0 Å². The molecule has 20 heavy (non-hydrogen) atoms. The topological polar surface area (TPSA) is 51.4 Å². The van der Waals surface area contributed by atoms with E-state index in [9.17, 15) is 0 Å². The molecule has 108 valence electrons. The smallest absolute Gasteiger partial charge is 0.0941 e. The summed E-state index contributed by atoms with van der Waals surface area (Å²) in [6.45, 7) is 4.84. The Hall–Kier alpha value is -0.790. The van der Waals surface area contributed by atoms with E-state index >= 15 is 0 Å². The molecule has 4 nitrogen and oxygen atoms in total. The average molecular weight is 309 g/mol. The van der Waals surface area contributed by atoms with E-state index < -0.39 is 0 Å². The van der Waals surface area contributed by atoms with Crippen molar-refractivity contribution >= 4 is 22.7 Å². The quantitative estimate of drug-likeness (QED) is 0.919. The average Bonchev–Trinajstić information content (AvgIpc) is 3.17. The molecule has 1 unspecified atom stereocenters. The third kappa shape index (κ3) is 3.45. The lowest BCUT2D eigenvalue weighted by Crippen LogP contribution is -2.37. The van der Waals surface area contributed by atoms with Crippen LogP contribution in [0.15, 0.2) is 22.9 Å². The van der Waals surface area contributed by atoms with Crippen LogP contribution in [0.4, 0.5) is 0 Å². The summed E-state index contributed by atoms with van der Waals surface area (Å²) in [7, 11) is 0. The number of nitrogens with zero attached hydrogens (tertiary/aromatic N) is 2. The molecule has 0 amide bonds. The monoisotopic (exact) mass is 309 g/mol. The van der Waals surface area contributed by atoms with Gasteiger partial charge in [0.15, 0.2) is 0 Å². The molecule has 3 rings (SSSR count). The molecule has 2 aromatic rings. The van der Waals surface area contributed by atoms with Crippen molar-refractivity contribution in [1.29, 1.82) is 0 Å². The third-order valence-corrected chi connectivity index (χ3v) is 5.37. The Labute approximate surface area is 127 Å². The Balaban J connectivity index is 1.56. The molecule has 1 saturated heterocycles. The fourth-order valence-electron chi connectivity index (χ4n) is 2.28. The van der Waals surface area contributed by atoms with E-state index in [1.165, 1.54) is 9.88 Å². The Morgan fingerprint density at radius 1 is 1.35 bits per heavy atom. The number of morpholine rings is 1. The van der Waals surface area contributed by atoms with Crippen LogP contribution in [-0.2, 0) is 11.2 Å². The number of hydrogen-bond acceptors (Lipinski definition) is 6. The van der Waals surface area contributed by atoms with E-state index in [-0.39, 0.29) is 6.04 Å². The van der Waals surface area contributed by atoms with Crippen molar-refractivity contribution in [3.05, 3.63) is 38.5 Å². The first-order valence-electron chi connectivity index (χ1n) is 6.86. The van der Waals surface area contributed by atoms with Gasteiger partial charge in [-0.15, -0.1) is 22.7 Å². The largest absolute Gasteiger partial charge is 0.379 e. The Morgan fingerprint density at radius 2 is 2.20 bits per heavy atom. The molecule has 2 aromatic heterocycles. The summed E-state index contributed by atoms with van der Waals surface area (Å²) in [5.41, 5.74) is 7.24. The highest BCUT2D eigenvalue weighted by Crippen LogP contribution is 2.25. The summed E-state index contributed by atoms with van der Waals surface area (Å²) in [6.07, 6.45) is 1.00. The van der Waals surface area contributed by atoms with Crippen molar-refractivity contribution < 1.29 is 4.74 Å². The van der Waals surface area contributed by atoms with Crippen LogP contribution in [0, 0.1) is 0 Å². The second-order valence-corrected chi connectivity index (χ2v) is 6.79. The molecule has 0 spiro atoms. The molecule has 1 aliphatic rings. The highest BCUT2D eigenvalue weighted by Gasteiger charge is 2.15. The Bertz CT molecular complexity index is 520. The number of nitrogens with two attached hydrogens (primary N) is 1. The van der Waals surface area contributed by atoms with Crippen LogP contribution in [-0.4, -0.2) is 42.7 Å². The fraction of sp³-hybridized carbons (Fsp3) is 0.500. The zero-order chi connectivity index (χ0) is 13.8. The van der Waals surface area contributed by atoms with Gasteiger partial charge in [-0.3, -0.25) is 4.90 Å². The van der Waals surface area contributed by atoms with Gasteiger partial charge in [0.05, 0.1) is 30.0 Å². The number of thiophene rings is 1. The molecule has 1 atom stereocenters. The van der Waals surface area contributed by atoms with Gasteiger partial charge in [0.2, 0.25) is 0 Å².